The predicted molar refractivity (Wildman–Crippen MR) is 94.8 cm³/mol. The molecule has 1 saturated carbocycles. The molecule has 0 bridgehead atoms. The van der Waals surface area contributed by atoms with Crippen molar-refractivity contribution in [2.45, 2.75) is 32.3 Å². The van der Waals surface area contributed by atoms with E-state index in [0.29, 0.717) is 17.8 Å². The first-order valence-corrected chi connectivity index (χ1v) is 9.47. The van der Waals surface area contributed by atoms with Crippen LogP contribution in [0.3, 0.4) is 0 Å². The molecule has 1 aliphatic heterocycles. The Morgan fingerprint density at radius 1 is 1.35 bits per heavy atom. The largest absolute Gasteiger partial charge is 0.444 e. The number of aromatic nitrogens is 1. The van der Waals surface area contributed by atoms with Crippen molar-refractivity contribution in [3.63, 3.8) is 0 Å². The van der Waals surface area contributed by atoms with Crippen molar-refractivity contribution in [1.82, 2.24) is 9.88 Å². The van der Waals surface area contributed by atoms with Crippen molar-refractivity contribution in [2.24, 2.45) is 11.8 Å². The summed E-state index contributed by atoms with van der Waals surface area (Å²) >= 11 is 5.28. The molecule has 0 radical (unpaired) electrons. The Hall–Kier alpha value is -1.14. The number of benzene rings is 1. The monoisotopic (exact) mass is 394 g/mol. The van der Waals surface area contributed by atoms with E-state index in [1.165, 1.54) is 9.71 Å². The summed E-state index contributed by atoms with van der Waals surface area (Å²) in [4.78, 5) is 18.8. The van der Waals surface area contributed by atoms with Crippen molar-refractivity contribution < 1.29 is 9.53 Å². The number of thiazole rings is 1. The van der Waals surface area contributed by atoms with E-state index in [1.807, 2.05) is 25.7 Å². The molecule has 0 spiro atoms. The number of carbonyl (C=O) groups is 1. The number of likely N-dealkylation sites (tertiary alicyclic amines) is 1. The highest BCUT2D eigenvalue weighted by Crippen LogP contribution is 2.59. The third-order valence-corrected chi connectivity index (χ3v) is 6.13. The van der Waals surface area contributed by atoms with Crippen molar-refractivity contribution >= 4 is 43.6 Å². The van der Waals surface area contributed by atoms with Gasteiger partial charge in [-0.1, -0.05) is 15.9 Å². The molecule has 1 saturated heterocycles. The van der Waals surface area contributed by atoms with Gasteiger partial charge in [-0.2, -0.15) is 0 Å². The molecule has 0 N–H and O–H groups in total. The van der Waals surface area contributed by atoms with Gasteiger partial charge in [0, 0.05) is 23.5 Å². The Morgan fingerprint density at radius 2 is 2.04 bits per heavy atom. The van der Waals surface area contributed by atoms with Crippen LogP contribution in [0.4, 0.5) is 4.79 Å². The smallest absolute Gasteiger partial charge is 0.410 e. The minimum atomic E-state index is -0.427. The molecule has 2 fully saturated rings. The molecule has 1 aliphatic carbocycles. The highest BCUT2D eigenvalue weighted by Gasteiger charge is 2.59. The first-order chi connectivity index (χ1) is 10.8. The van der Waals surface area contributed by atoms with Crippen molar-refractivity contribution in [3.8, 4) is 0 Å². The van der Waals surface area contributed by atoms with E-state index in [-0.39, 0.29) is 6.09 Å². The number of halogens is 1. The Balaban J connectivity index is 1.44. The van der Waals surface area contributed by atoms with Gasteiger partial charge in [0.15, 0.2) is 0 Å². The summed E-state index contributed by atoms with van der Waals surface area (Å²) in [6, 6.07) is 6.24. The number of hydrogen-bond acceptors (Lipinski definition) is 4. The fourth-order valence-electron chi connectivity index (χ4n) is 3.43. The zero-order chi connectivity index (χ0) is 16.4. The second-order valence-corrected chi connectivity index (χ2v) is 9.38. The van der Waals surface area contributed by atoms with Crippen LogP contribution < -0.4 is 0 Å². The summed E-state index contributed by atoms with van der Waals surface area (Å²) in [6.07, 6.45) is -0.184. The maximum Gasteiger partial charge on any atom is 0.410 e. The minimum absolute atomic E-state index is 0.184. The van der Waals surface area contributed by atoms with Crippen LogP contribution in [-0.4, -0.2) is 34.7 Å². The van der Waals surface area contributed by atoms with Crippen LogP contribution in [0.25, 0.3) is 10.2 Å². The van der Waals surface area contributed by atoms with Gasteiger partial charge in [0.05, 0.1) is 15.2 Å². The van der Waals surface area contributed by atoms with E-state index < -0.39 is 5.60 Å². The first kappa shape index (κ1) is 15.4. The molecule has 2 aromatic rings. The fourth-order valence-corrected chi connectivity index (χ4v) is 4.98. The molecule has 4 nitrogen and oxygen atoms in total. The van der Waals surface area contributed by atoms with Crippen molar-refractivity contribution in [2.75, 3.05) is 13.1 Å². The summed E-state index contributed by atoms with van der Waals surface area (Å²) in [5, 5.41) is 1.22. The van der Waals surface area contributed by atoms with E-state index in [9.17, 15) is 4.79 Å². The van der Waals surface area contributed by atoms with Crippen LogP contribution >= 0.6 is 27.3 Å². The van der Waals surface area contributed by atoms with Gasteiger partial charge >= 0.3 is 6.09 Å². The third-order valence-electron chi connectivity index (χ3n) is 4.50. The number of piperidine rings is 1. The molecular formula is C17H19BrN2O2S. The Labute approximate surface area is 148 Å². The predicted octanol–water partition coefficient (Wildman–Crippen LogP) is 4.64. The molecule has 2 heterocycles. The Morgan fingerprint density at radius 3 is 2.70 bits per heavy atom. The average molecular weight is 395 g/mol. The molecule has 1 unspecified atom stereocenters. The van der Waals surface area contributed by atoms with Crippen LogP contribution in [0.15, 0.2) is 22.7 Å². The first-order valence-electron chi connectivity index (χ1n) is 7.86. The van der Waals surface area contributed by atoms with E-state index in [4.69, 9.17) is 9.72 Å². The lowest BCUT2D eigenvalue weighted by atomic mass is 10.2. The van der Waals surface area contributed by atoms with Crippen LogP contribution in [-0.2, 0) is 4.74 Å². The molecule has 1 amide bonds. The van der Waals surface area contributed by atoms with Gasteiger partial charge in [-0.05, 0) is 50.8 Å². The van der Waals surface area contributed by atoms with Gasteiger partial charge in [0.2, 0.25) is 0 Å². The molecule has 1 aromatic heterocycles. The van der Waals surface area contributed by atoms with Gasteiger partial charge in [0.25, 0.3) is 0 Å². The molecular weight excluding hydrogens is 376 g/mol. The second kappa shape index (κ2) is 5.18. The maximum atomic E-state index is 12.1. The molecule has 6 heteroatoms. The zero-order valence-corrected chi connectivity index (χ0v) is 15.8. The van der Waals surface area contributed by atoms with E-state index in [2.05, 4.69) is 34.1 Å². The third kappa shape index (κ3) is 2.87. The van der Waals surface area contributed by atoms with Crippen LogP contribution in [0.5, 0.6) is 0 Å². The Kier molecular flexibility index (Phi) is 3.47. The normalized spacial score (nSPS) is 26.4. The van der Waals surface area contributed by atoms with Gasteiger partial charge in [0.1, 0.15) is 5.60 Å². The molecule has 3 atom stereocenters. The number of carbonyl (C=O) groups excluding carboxylic acids is 1. The molecule has 23 heavy (non-hydrogen) atoms. The van der Waals surface area contributed by atoms with E-state index in [0.717, 1.165) is 23.1 Å². The van der Waals surface area contributed by atoms with Gasteiger partial charge in [-0.15, -0.1) is 11.3 Å². The SMILES string of the molecule is CC(C)(C)OC(=O)N1C[C@@H]2C(c3nc4cc(Br)ccc4s3)[C@@H]2C1. The van der Waals surface area contributed by atoms with Crippen LogP contribution in [0.1, 0.15) is 31.7 Å². The quantitative estimate of drug-likeness (QED) is 0.707. The number of hydrogen-bond donors (Lipinski definition) is 0. The average Bonchev–Trinajstić information content (AvgIpc) is 2.84. The summed E-state index contributed by atoms with van der Waals surface area (Å²) in [5.74, 6) is 1.61. The van der Waals surface area contributed by atoms with Gasteiger partial charge in [-0.25, -0.2) is 9.78 Å². The van der Waals surface area contributed by atoms with E-state index >= 15 is 0 Å². The van der Waals surface area contributed by atoms with Gasteiger partial charge < -0.3 is 9.64 Å². The number of rotatable bonds is 1. The number of fused-ring (bicyclic) bond motifs is 2. The lowest BCUT2D eigenvalue weighted by Crippen LogP contribution is -2.36. The molecule has 4 rings (SSSR count). The minimum Gasteiger partial charge on any atom is -0.444 e. The standard InChI is InChI=1S/C17H19BrN2O2S/c1-17(2,3)22-16(21)20-7-10-11(8-20)14(10)15-19-12-6-9(18)4-5-13(12)23-15/h4-6,10-11,14H,7-8H2,1-3H3/t10-,11+,14?. The fraction of sp³-hybridized carbons (Fsp3) is 0.529. The Bertz CT molecular complexity index is 770. The second-order valence-electron chi connectivity index (χ2n) is 7.40. The summed E-state index contributed by atoms with van der Waals surface area (Å²) < 4.78 is 7.76. The number of nitrogens with zero attached hydrogens (tertiary/aromatic N) is 2. The molecule has 122 valence electrons. The maximum absolute atomic E-state index is 12.1. The summed E-state index contributed by atoms with van der Waals surface area (Å²) in [7, 11) is 0. The summed E-state index contributed by atoms with van der Waals surface area (Å²) in [6.45, 7) is 7.31. The summed E-state index contributed by atoms with van der Waals surface area (Å²) in [5.41, 5.74) is 0.636. The lowest BCUT2D eigenvalue weighted by molar-refractivity contribution is 0.0271. The van der Waals surface area contributed by atoms with E-state index in [1.54, 1.807) is 11.3 Å². The lowest BCUT2D eigenvalue weighted by Gasteiger charge is -2.25. The van der Waals surface area contributed by atoms with Crippen molar-refractivity contribution in [3.05, 3.63) is 27.7 Å². The topological polar surface area (TPSA) is 42.4 Å². The zero-order valence-electron chi connectivity index (χ0n) is 13.4. The molecule has 2 aliphatic rings. The molecule has 1 aromatic carbocycles. The van der Waals surface area contributed by atoms with Crippen LogP contribution in [0.2, 0.25) is 0 Å². The van der Waals surface area contributed by atoms with Crippen molar-refractivity contribution in [1.29, 1.82) is 0 Å². The number of amides is 1. The highest BCUT2D eigenvalue weighted by molar-refractivity contribution is 9.10. The number of ether oxygens (including phenoxy) is 1. The highest BCUT2D eigenvalue weighted by atomic mass is 79.9. The van der Waals surface area contributed by atoms with Gasteiger partial charge in [-0.3, -0.25) is 0 Å². The van der Waals surface area contributed by atoms with Crippen LogP contribution in [0, 0.1) is 11.8 Å².